The molecule has 1 aromatic rings. The lowest BCUT2D eigenvalue weighted by Crippen LogP contribution is -2.59. The smallest absolute Gasteiger partial charge is 0.416 e. The van der Waals surface area contributed by atoms with Crippen molar-refractivity contribution in [3.05, 3.63) is 29.3 Å². The molecule has 3 fully saturated rings. The van der Waals surface area contributed by atoms with Crippen molar-refractivity contribution in [3.8, 4) is 5.75 Å². The number of hydrogen-bond acceptors (Lipinski definition) is 5. The summed E-state index contributed by atoms with van der Waals surface area (Å²) in [5.41, 5.74) is -1.43. The number of carbonyl (C=O) groups is 2. The third-order valence-electron chi connectivity index (χ3n) is 8.78. The maximum absolute atomic E-state index is 13.8. The number of amides is 1. The quantitative estimate of drug-likeness (QED) is 0.616. The summed E-state index contributed by atoms with van der Waals surface area (Å²) in [7, 11) is 0. The molecular weight excluding hydrogens is 489 g/mol. The van der Waals surface area contributed by atoms with Crippen LogP contribution in [0.4, 0.5) is 13.2 Å². The van der Waals surface area contributed by atoms with Crippen molar-refractivity contribution in [2.45, 2.75) is 70.3 Å². The zero-order chi connectivity index (χ0) is 26.5. The summed E-state index contributed by atoms with van der Waals surface area (Å²) in [5, 5.41) is 9.80. The number of carboxylic acids is 1. The minimum Gasteiger partial charge on any atom is -0.481 e. The molecule has 1 aliphatic carbocycles. The van der Waals surface area contributed by atoms with Gasteiger partial charge in [-0.15, -0.1) is 0 Å². The lowest BCUT2D eigenvalue weighted by atomic mass is 9.77. The first-order chi connectivity index (χ1) is 17.5. The Morgan fingerprint density at radius 1 is 1.16 bits per heavy atom. The van der Waals surface area contributed by atoms with Crippen LogP contribution in [0, 0.1) is 23.7 Å². The topological polar surface area (TPSA) is 79.3 Å². The van der Waals surface area contributed by atoms with Crippen LogP contribution >= 0.6 is 0 Å². The Kier molecular flexibility index (Phi) is 6.94. The highest BCUT2D eigenvalue weighted by Crippen LogP contribution is 2.49. The number of carboxylic acid groups (broad SMARTS) is 1. The molecular formula is C27H35F3N2O5. The standard InChI is InChI=1S/C27H35F3N2O5/c1-16(2)21-8-10-31(13-22(21)24(33)34)20-7-9-26(37-14-20,18-3-4-18)25(35)32-12-17-11-19(27(28,29)30)5-6-23(17)36-15-32/h5-6,11,16,18,20-22H,3-4,7-10,12-15H2,1-2H3,(H,33,34)/t20-,21?,22+,26+/m1/s1. The Balaban J connectivity index is 1.27. The average Bonchev–Trinajstić information content (AvgIpc) is 3.73. The molecule has 1 aromatic carbocycles. The molecule has 1 unspecified atom stereocenters. The van der Waals surface area contributed by atoms with Crippen LogP contribution in [0.25, 0.3) is 0 Å². The third-order valence-corrected chi connectivity index (χ3v) is 8.78. The summed E-state index contributed by atoms with van der Waals surface area (Å²) in [6.07, 6.45) is -0.676. The van der Waals surface area contributed by atoms with E-state index in [0.717, 1.165) is 37.9 Å². The molecule has 3 heterocycles. The van der Waals surface area contributed by atoms with Gasteiger partial charge >= 0.3 is 12.1 Å². The summed E-state index contributed by atoms with van der Waals surface area (Å²) in [4.78, 5) is 29.4. The number of aliphatic carboxylic acids is 1. The molecule has 0 bridgehead atoms. The molecule has 1 N–H and O–H groups in total. The molecule has 0 aromatic heterocycles. The monoisotopic (exact) mass is 524 g/mol. The molecule has 2 saturated heterocycles. The van der Waals surface area contributed by atoms with E-state index in [0.29, 0.717) is 43.2 Å². The number of alkyl halides is 3. The lowest BCUT2D eigenvalue weighted by molar-refractivity contribution is -0.181. The zero-order valence-corrected chi connectivity index (χ0v) is 21.3. The van der Waals surface area contributed by atoms with E-state index < -0.39 is 29.2 Å². The molecule has 37 heavy (non-hydrogen) atoms. The Labute approximate surface area is 214 Å². The summed E-state index contributed by atoms with van der Waals surface area (Å²) in [6.45, 7) is 5.79. The van der Waals surface area contributed by atoms with Gasteiger partial charge in [0.05, 0.1) is 24.6 Å². The number of benzene rings is 1. The largest absolute Gasteiger partial charge is 0.481 e. The highest BCUT2D eigenvalue weighted by atomic mass is 19.4. The van der Waals surface area contributed by atoms with Gasteiger partial charge in [-0.3, -0.25) is 14.5 Å². The molecule has 0 radical (unpaired) electrons. The van der Waals surface area contributed by atoms with Crippen molar-refractivity contribution in [1.82, 2.24) is 9.80 Å². The van der Waals surface area contributed by atoms with Crippen molar-refractivity contribution in [1.29, 1.82) is 0 Å². The minimum absolute atomic E-state index is 0.0263. The van der Waals surface area contributed by atoms with E-state index in [1.54, 1.807) is 0 Å². The number of hydrogen-bond donors (Lipinski definition) is 1. The number of rotatable bonds is 5. The Bertz CT molecular complexity index is 1030. The number of likely N-dealkylation sites (tertiary alicyclic amines) is 1. The van der Waals surface area contributed by atoms with Gasteiger partial charge in [0.15, 0.2) is 6.73 Å². The van der Waals surface area contributed by atoms with Gasteiger partial charge in [-0.1, -0.05) is 13.8 Å². The first kappa shape index (κ1) is 26.3. The molecule has 4 atom stereocenters. The molecule has 204 valence electrons. The van der Waals surface area contributed by atoms with Crippen molar-refractivity contribution in [3.63, 3.8) is 0 Å². The second kappa shape index (κ2) is 9.76. The van der Waals surface area contributed by atoms with Crippen molar-refractivity contribution in [2.75, 3.05) is 26.4 Å². The van der Waals surface area contributed by atoms with Crippen LogP contribution in [0.5, 0.6) is 5.75 Å². The summed E-state index contributed by atoms with van der Waals surface area (Å²) in [6, 6.07) is 3.40. The SMILES string of the molecule is CC(C)C1CCN([C@@H]2CC[C@@](C(=O)N3COc4ccc(C(F)(F)F)cc4C3)(C3CC3)OC2)C[C@@H]1C(=O)O. The van der Waals surface area contributed by atoms with E-state index in [2.05, 4.69) is 18.7 Å². The van der Waals surface area contributed by atoms with Crippen molar-refractivity contribution in [2.24, 2.45) is 23.7 Å². The van der Waals surface area contributed by atoms with E-state index in [9.17, 15) is 27.9 Å². The molecule has 1 saturated carbocycles. The van der Waals surface area contributed by atoms with Gasteiger partial charge in [-0.25, -0.2) is 0 Å². The van der Waals surface area contributed by atoms with Gasteiger partial charge in [0.25, 0.3) is 5.91 Å². The van der Waals surface area contributed by atoms with Crippen LogP contribution in [-0.4, -0.2) is 64.9 Å². The lowest BCUT2D eigenvalue weighted by Gasteiger charge is -2.47. The number of nitrogens with zero attached hydrogens (tertiary/aromatic N) is 2. The first-order valence-corrected chi connectivity index (χ1v) is 13.2. The number of carbonyl (C=O) groups excluding carboxylic acids is 1. The van der Waals surface area contributed by atoms with Gasteiger partial charge in [0, 0.05) is 18.2 Å². The van der Waals surface area contributed by atoms with E-state index in [1.807, 2.05) is 0 Å². The normalized spacial score (nSPS) is 31.1. The highest BCUT2D eigenvalue weighted by Gasteiger charge is 2.56. The van der Waals surface area contributed by atoms with Crippen LogP contribution in [0.2, 0.25) is 0 Å². The molecule has 7 nitrogen and oxygen atoms in total. The second-order valence-corrected chi connectivity index (χ2v) is 11.4. The summed E-state index contributed by atoms with van der Waals surface area (Å²) < 4.78 is 51.7. The van der Waals surface area contributed by atoms with E-state index in [1.165, 1.54) is 11.0 Å². The Morgan fingerprint density at radius 3 is 2.51 bits per heavy atom. The van der Waals surface area contributed by atoms with E-state index in [-0.39, 0.29) is 37.1 Å². The van der Waals surface area contributed by atoms with Gasteiger partial charge in [-0.2, -0.15) is 13.2 Å². The maximum Gasteiger partial charge on any atom is 0.416 e. The molecule has 4 aliphatic rings. The van der Waals surface area contributed by atoms with Crippen LogP contribution in [0.3, 0.4) is 0 Å². The molecule has 1 amide bonds. The second-order valence-electron chi connectivity index (χ2n) is 11.4. The Morgan fingerprint density at radius 2 is 1.92 bits per heavy atom. The first-order valence-electron chi connectivity index (χ1n) is 13.2. The highest BCUT2D eigenvalue weighted by molar-refractivity contribution is 5.86. The predicted molar refractivity (Wildman–Crippen MR) is 128 cm³/mol. The number of fused-ring (bicyclic) bond motifs is 1. The average molecular weight is 525 g/mol. The fourth-order valence-electron chi connectivity index (χ4n) is 6.49. The zero-order valence-electron chi connectivity index (χ0n) is 21.3. The van der Waals surface area contributed by atoms with Crippen molar-refractivity contribution < 1.29 is 37.3 Å². The summed E-state index contributed by atoms with van der Waals surface area (Å²) in [5.74, 6) is -0.514. The van der Waals surface area contributed by atoms with Crippen molar-refractivity contribution >= 4 is 11.9 Å². The fourth-order valence-corrected chi connectivity index (χ4v) is 6.49. The van der Waals surface area contributed by atoms with Gasteiger partial charge in [-0.05, 0) is 74.6 Å². The maximum atomic E-state index is 13.8. The third kappa shape index (κ3) is 5.06. The number of halogens is 3. The van der Waals surface area contributed by atoms with Crippen LogP contribution in [-0.2, 0) is 27.0 Å². The number of ether oxygens (including phenoxy) is 2. The van der Waals surface area contributed by atoms with Crippen LogP contribution < -0.4 is 4.74 Å². The minimum atomic E-state index is -4.47. The fraction of sp³-hybridized carbons (Fsp3) is 0.704. The molecule has 3 aliphatic heterocycles. The molecule has 10 heteroatoms. The van der Waals surface area contributed by atoms with Gasteiger partial charge < -0.3 is 19.5 Å². The predicted octanol–water partition coefficient (Wildman–Crippen LogP) is 4.39. The molecule has 0 spiro atoms. The van der Waals surface area contributed by atoms with E-state index >= 15 is 0 Å². The van der Waals surface area contributed by atoms with E-state index in [4.69, 9.17) is 9.47 Å². The van der Waals surface area contributed by atoms with Crippen LogP contribution in [0.15, 0.2) is 18.2 Å². The van der Waals surface area contributed by atoms with Gasteiger partial charge in [0.2, 0.25) is 0 Å². The van der Waals surface area contributed by atoms with Gasteiger partial charge in [0.1, 0.15) is 11.4 Å². The summed E-state index contributed by atoms with van der Waals surface area (Å²) >= 11 is 0. The Hall–Kier alpha value is -2.33. The van der Waals surface area contributed by atoms with Crippen LogP contribution in [0.1, 0.15) is 57.1 Å². The molecule has 5 rings (SSSR count). The number of piperidine rings is 1.